The number of hydrogen-bond acceptors (Lipinski definition) is 3. The van der Waals surface area contributed by atoms with Crippen LogP contribution in [0.2, 0.25) is 0 Å². The first-order valence-corrected chi connectivity index (χ1v) is 4.95. The highest BCUT2D eigenvalue weighted by atomic mass is 79.9. The smallest absolute Gasteiger partial charge is 0.190 e. The fraction of sp³-hybridized carbons (Fsp3) is 0.100. The van der Waals surface area contributed by atoms with Crippen LogP contribution in [0.15, 0.2) is 33.4 Å². The number of aromatic nitrogens is 1. The molecule has 0 bridgehead atoms. The Balaban J connectivity index is 2.49. The van der Waals surface area contributed by atoms with Gasteiger partial charge in [0.25, 0.3) is 0 Å². The van der Waals surface area contributed by atoms with Gasteiger partial charge < -0.3 is 10.3 Å². The zero-order chi connectivity index (χ0) is 10.1. The average molecular weight is 253 g/mol. The van der Waals surface area contributed by atoms with E-state index >= 15 is 0 Å². The molecular weight excluding hydrogens is 244 g/mol. The molecule has 1 aromatic heterocycles. The van der Waals surface area contributed by atoms with Gasteiger partial charge in [0.1, 0.15) is 5.69 Å². The largest absolute Gasteiger partial charge is 0.393 e. The number of anilines is 1. The highest BCUT2D eigenvalue weighted by molar-refractivity contribution is 9.10. The SMILES string of the molecule is Cc1ccc(-c2onc(Br)c2N)cc1. The Kier molecular flexibility index (Phi) is 2.29. The second-order valence-electron chi connectivity index (χ2n) is 3.08. The minimum atomic E-state index is 0.536. The first-order chi connectivity index (χ1) is 6.68. The van der Waals surface area contributed by atoms with Crippen molar-refractivity contribution in [1.82, 2.24) is 5.16 Å². The fourth-order valence-corrected chi connectivity index (χ4v) is 1.44. The van der Waals surface area contributed by atoms with Crippen LogP contribution in [0.1, 0.15) is 5.56 Å². The molecule has 0 saturated carbocycles. The van der Waals surface area contributed by atoms with E-state index in [2.05, 4.69) is 21.1 Å². The van der Waals surface area contributed by atoms with Gasteiger partial charge in [-0.2, -0.15) is 0 Å². The minimum Gasteiger partial charge on any atom is -0.393 e. The number of nitrogen functional groups attached to an aromatic ring is 1. The van der Waals surface area contributed by atoms with Gasteiger partial charge in [-0.1, -0.05) is 35.0 Å². The number of halogens is 1. The lowest BCUT2D eigenvalue weighted by atomic mass is 10.1. The van der Waals surface area contributed by atoms with Crippen LogP contribution < -0.4 is 5.73 Å². The molecule has 0 aliphatic heterocycles. The van der Waals surface area contributed by atoms with Gasteiger partial charge in [0.2, 0.25) is 0 Å². The molecule has 2 aromatic rings. The fourth-order valence-electron chi connectivity index (χ4n) is 1.19. The van der Waals surface area contributed by atoms with E-state index in [-0.39, 0.29) is 0 Å². The Morgan fingerprint density at radius 1 is 1.29 bits per heavy atom. The predicted octanol–water partition coefficient (Wildman–Crippen LogP) is 2.99. The molecule has 0 fully saturated rings. The van der Waals surface area contributed by atoms with E-state index in [1.807, 2.05) is 31.2 Å². The van der Waals surface area contributed by atoms with Gasteiger partial charge in [-0.3, -0.25) is 0 Å². The first-order valence-electron chi connectivity index (χ1n) is 4.16. The van der Waals surface area contributed by atoms with Gasteiger partial charge in [-0.15, -0.1) is 0 Å². The maximum absolute atomic E-state index is 5.77. The Morgan fingerprint density at radius 3 is 2.43 bits per heavy atom. The highest BCUT2D eigenvalue weighted by Gasteiger charge is 2.11. The van der Waals surface area contributed by atoms with Crippen LogP contribution >= 0.6 is 15.9 Å². The van der Waals surface area contributed by atoms with Crippen molar-refractivity contribution in [2.24, 2.45) is 0 Å². The summed E-state index contributed by atoms with van der Waals surface area (Å²) in [6, 6.07) is 7.92. The van der Waals surface area contributed by atoms with Crippen molar-refractivity contribution < 1.29 is 4.52 Å². The topological polar surface area (TPSA) is 52.0 Å². The predicted molar refractivity (Wildman–Crippen MR) is 58.8 cm³/mol. The number of rotatable bonds is 1. The van der Waals surface area contributed by atoms with Crippen LogP contribution in [0.25, 0.3) is 11.3 Å². The third-order valence-corrected chi connectivity index (χ3v) is 2.57. The summed E-state index contributed by atoms with van der Waals surface area (Å²) in [5.41, 5.74) is 8.44. The van der Waals surface area contributed by atoms with Crippen LogP contribution in [0.4, 0.5) is 5.69 Å². The second-order valence-corrected chi connectivity index (χ2v) is 3.83. The van der Waals surface area contributed by atoms with Crippen LogP contribution in [0.5, 0.6) is 0 Å². The zero-order valence-electron chi connectivity index (χ0n) is 7.62. The van der Waals surface area contributed by atoms with Gasteiger partial charge >= 0.3 is 0 Å². The molecule has 72 valence electrons. The molecule has 14 heavy (non-hydrogen) atoms. The van der Waals surface area contributed by atoms with Crippen molar-refractivity contribution >= 4 is 21.6 Å². The summed E-state index contributed by atoms with van der Waals surface area (Å²) in [7, 11) is 0. The van der Waals surface area contributed by atoms with Gasteiger partial charge in [-0.05, 0) is 22.9 Å². The van der Waals surface area contributed by atoms with Crippen molar-refractivity contribution in [3.05, 3.63) is 34.4 Å². The highest BCUT2D eigenvalue weighted by Crippen LogP contribution is 2.31. The number of aryl methyl sites for hydroxylation is 1. The maximum Gasteiger partial charge on any atom is 0.190 e. The molecule has 0 saturated heterocycles. The molecule has 0 radical (unpaired) electrons. The summed E-state index contributed by atoms with van der Waals surface area (Å²) in [4.78, 5) is 0. The van der Waals surface area contributed by atoms with E-state index in [1.54, 1.807) is 0 Å². The summed E-state index contributed by atoms with van der Waals surface area (Å²) < 4.78 is 5.65. The monoisotopic (exact) mass is 252 g/mol. The summed E-state index contributed by atoms with van der Waals surface area (Å²) in [6.07, 6.45) is 0. The molecule has 3 nitrogen and oxygen atoms in total. The van der Waals surface area contributed by atoms with Gasteiger partial charge in [0.15, 0.2) is 10.4 Å². The van der Waals surface area contributed by atoms with E-state index in [0.717, 1.165) is 5.56 Å². The molecule has 0 aliphatic carbocycles. The Morgan fingerprint density at radius 2 is 1.93 bits per heavy atom. The minimum absolute atomic E-state index is 0.536. The standard InChI is InChI=1S/C10H9BrN2O/c1-6-2-4-7(5-3-6)9-8(12)10(11)13-14-9/h2-5H,12H2,1H3. The normalized spacial score (nSPS) is 10.4. The number of nitrogens with zero attached hydrogens (tertiary/aromatic N) is 1. The Labute approximate surface area is 90.0 Å². The van der Waals surface area contributed by atoms with Gasteiger partial charge in [0, 0.05) is 5.56 Å². The number of nitrogens with two attached hydrogens (primary N) is 1. The molecule has 4 heteroatoms. The first kappa shape index (κ1) is 9.27. The quantitative estimate of drug-likeness (QED) is 0.849. The maximum atomic E-state index is 5.77. The van der Waals surface area contributed by atoms with Crippen LogP contribution in [0.3, 0.4) is 0 Å². The van der Waals surface area contributed by atoms with Crippen molar-refractivity contribution in [2.75, 3.05) is 5.73 Å². The van der Waals surface area contributed by atoms with Crippen LogP contribution in [0, 0.1) is 6.92 Å². The molecule has 0 unspecified atom stereocenters. The summed E-state index contributed by atoms with van der Waals surface area (Å²) in [6.45, 7) is 2.03. The van der Waals surface area contributed by atoms with Crippen molar-refractivity contribution in [1.29, 1.82) is 0 Å². The molecule has 0 atom stereocenters. The lowest BCUT2D eigenvalue weighted by Gasteiger charge is -1.97. The number of hydrogen-bond donors (Lipinski definition) is 1. The van der Waals surface area contributed by atoms with Crippen molar-refractivity contribution in [3.8, 4) is 11.3 Å². The Hall–Kier alpha value is -1.29. The van der Waals surface area contributed by atoms with Crippen LogP contribution in [-0.4, -0.2) is 5.16 Å². The van der Waals surface area contributed by atoms with E-state index in [4.69, 9.17) is 10.3 Å². The third kappa shape index (κ3) is 1.53. The molecule has 0 aliphatic rings. The second kappa shape index (κ2) is 3.46. The van der Waals surface area contributed by atoms with Gasteiger partial charge in [-0.25, -0.2) is 0 Å². The van der Waals surface area contributed by atoms with Crippen LogP contribution in [-0.2, 0) is 0 Å². The summed E-state index contributed by atoms with van der Waals surface area (Å²) >= 11 is 3.20. The average Bonchev–Trinajstić information content (AvgIpc) is 2.50. The summed E-state index contributed by atoms with van der Waals surface area (Å²) in [5.74, 6) is 0.608. The molecule has 0 spiro atoms. The molecular formula is C10H9BrN2O. The van der Waals surface area contributed by atoms with E-state index < -0.39 is 0 Å². The van der Waals surface area contributed by atoms with Crippen molar-refractivity contribution in [3.63, 3.8) is 0 Å². The van der Waals surface area contributed by atoms with E-state index in [0.29, 0.717) is 16.1 Å². The molecule has 1 aromatic carbocycles. The molecule has 2 rings (SSSR count). The zero-order valence-corrected chi connectivity index (χ0v) is 9.21. The molecule has 0 amide bonds. The molecule has 1 heterocycles. The lowest BCUT2D eigenvalue weighted by molar-refractivity contribution is 0.428. The van der Waals surface area contributed by atoms with E-state index in [9.17, 15) is 0 Å². The van der Waals surface area contributed by atoms with Gasteiger partial charge in [0.05, 0.1) is 0 Å². The lowest BCUT2D eigenvalue weighted by Crippen LogP contribution is -1.86. The van der Waals surface area contributed by atoms with Crippen molar-refractivity contribution in [2.45, 2.75) is 6.92 Å². The summed E-state index contributed by atoms with van der Waals surface area (Å²) in [5, 5.41) is 3.73. The third-order valence-electron chi connectivity index (χ3n) is 2.00. The van der Waals surface area contributed by atoms with E-state index in [1.165, 1.54) is 5.56 Å². The number of benzene rings is 1. The molecule has 2 N–H and O–H groups in total. The Bertz CT molecular complexity index is 448.